The van der Waals surface area contributed by atoms with Gasteiger partial charge in [0.15, 0.2) is 5.82 Å². The Kier molecular flexibility index (Phi) is 10.7. The predicted octanol–water partition coefficient (Wildman–Crippen LogP) is 6.41. The molecule has 0 aliphatic heterocycles. The zero-order valence-corrected chi connectivity index (χ0v) is 26.4. The lowest BCUT2D eigenvalue weighted by Gasteiger charge is -2.33. The van der Waals surface area contributed by atoms with Crippen LogP contribution in [0.2, 0.25) is 0 Å². The molecule has 238 valence electrons. The zero-order chi connectivity index (χ0) is 32.4. The van der Waals surface area contributed by atoms with E-state index in [0.717, 1.165) is 22.1 Å². The van der Waals surface area contributed by atoms with Crippen LogP contribution in [0.4, 0.5) is 5.82 Å². The summed E-state index contributed by atoms with van der Waals surface area (Å²) in [7, 11) is 1.40. The van der Waals surface area contributed by atoms with Gasteiger partial charge in [0.1, 0.15) is 24.7 Å². The van der Waals surface area contributed by atoms with Gasteiger partial charge < -0.3 is 24.8 Å². The van der Waals surface area contributed by atoms with Crippen LogP contribution in [0.3, 0.4) is 0 Å². The van der Waals surface area contributed by atoms with Crippen LogP contribution < -0.4 is 25.7 Å². The molecule has 0 aliphatic carbocycles. The predicted molar refractivity (Wildman–Crippen MR) is 180 cm³/mol. The Labute approximate surface area is 268 Å². The third kappa shape index (κ3) is 8.11. The fourth-order valence-corrected chi connectivity index (χ4v) is 5.37. The Morgan fingerprint density at radius 2 is 1.37 bits per heavy atom. The van der Waals surface area contributed by atoms with Crippen molar-refractivity contribution in [3.8, 4) is 11.5 Å². The lowest BCUT2D eigenvalue weighted by atomic mass is 9.80. The van der Waals surface area contributed by atoms with Crippen molar-refractivity contribution in [2.45, 2.75) is 39.5 Å². The molecule has 9 heteroatoms. The van der Waals surface area contributed by atoms with Crippen LogP contribution in [-0.2, 0) is 22.7 Å². The van der Waals surface area contributed by atoms with Gasteiger partial charge in [-0.25, -0.2) is 5.10 Å². The maximum absolute atomic E-state index is 13.1. The molecule has 0 fully saturated rings. The average molecular weight is 621 g/mol. The van der Waals surface area contributed by atoms with Crippen molar-refractivity contribution in [2.75, 3.05) is 25.5 Å². The van der Waals surface area contributed by atoms with Gasteiger partial charge in [-0.3, -0.25) is 9.59 Å². The van der Waals surface area contributed by atoms with Gasteiger partial charge >= 0.3 is 5.97 Å². The molecule has 0 saturated carbocycles. The van der Waals surface area contributed by atoms with Crippen molar-refractivity contribution < 1.29 is 19.0 Å². The van der Waals surface area contributed by atoms with E-state index in [2.05, 4.69) is 20.8 Å². The highest BCUT2D eigenvalue weighted by Gasteiger charge is 2.39. The molecule has 5 aromatic rings. The SMILES string of the molecule is COC(=O)C(C)(C)C(NCCCNc1n[nH]c(=O)c2ccccc12)c1cc(OCc2ccccc2)cc(OCc2ccccc2)c1. The first kappa shape index (κ1) is 32.2. The Balaban J connectivity index is 1.35. The molecule has 0 radical (unpaired) electrons. The van der Waals surface area contributed by atoms with E-state index < -0.39 is 11.5 Å². The number of fused-ring (bicyclic) bond motifs is 1. The molecule has 0 aliphatic rings. The molecule has 4 aromatic carbocycles. The molecule has 9 nitrogen and oxygen atoms in total. The number of H-pyrrole nitrogens is 1. The van der Waals surface area contributed by atoms with Gasteiger partial charge in [0.2, 0.25) is 0 Å². The molecule has 0 bridgehead atoms. The molecule has 1 heterocycles. The van der Waals surface area contributed by atoms with Crippen LogP contribution in [0.1, 0.15) is 43.0 Å². The van der Waals surface area contributed by atoms with Gasteiger partial charge in [-0.15, -0.1) is 0 Å². The van der Waals surface area contributed by atoms with E-state index in [0.29, 0.717) is 55.4 Å². The van der Waals surface area contributed by atoms with E-state index in [1.165, 1.54) is 7.11 Å². The van der Waals surface area contributed by atoms with E-state index in [1.807, 2.05) is 111 Å². The topological polar surface area (TPSA) is 115 Å². The molecule has 0 spiro atoms. The van der Waals surface area contributed by atoms with E-state index in [-0.39, 0.29) is 11.5 Å². The van der Waals surface area contributed by atoms with Crippen LogP contribution in [-0.4, -0.2) is 36.4 Å². The number of nitrogens with one attached hydrogen (secondary N) is 3. The molecule has 46 heavy (non-hydrogen) atoms. The second kappa shape index (κ2) is 15.2. The van der Waals surface area contributed by atoms with Crippen molar-refractivity contribution in [1.29, 1.82) is 0 Å². The summed E-state index contributed by atoms with van der Waals surface area (Å²) in [5, 5.41) is 15.0. The summed E-state index contributed by atoms with van der Waals surface area (Å²) >= 11 is 0. The smallest absolute Gasteiger partial charge is 0.313 e. The molecular weight excluding hydrogens is 580 g/mol. The largest absolute Gasteiger partial charge is 0.489 e. The van der Waals surface area contributed by atoms with E-state index in [4.69, 9.17) is 14.2 Å². The number of ether oxygens (including phenoxy) is 3. The highest BCUT2D eigenvalue weighted by atomic mass is 16.5. The summed E-state index contributed by atoms with van der Waals surface area (Å²) in [6.45, 7) is 5.68. The highest BCUT2D eigenvalue weighted by molar-refractivity contribution is 5.90. The number of nitrogens with zero attached hydrogens (tertiary/aromatic N) is 1. The summed E-state index contributed by atoms with van der Waals surface area (Å²) < 4.78 is 17.7. The fourth-order valence-electron chi connectivity index (χ4n) is 5.37. The van der Waals surface area contributed by atoms with Gasteiger partial charge in [-0.05, 0) is 61.7 Å². The molecular formula is C37H40N4O5. The van der Waals surface area contributed by atoms with E-state index in [1.54, 1.807) is 6.07 Å². The lowest BCUT2D eigenvalue weighted by molar-refractivity contribution is -0.152. The van der Waals surface area contributed by atoms with E-state index >= 15 is 0 Å². The summed E-state index contributed by atoms with van der Waals surface area (Å²) in [5.41, 5.74) is 1.78. The maximum atomic E-state index is 13.1. The second-order valence-electron chi connectivity index (χ2n) is 11.6. The first-order valence-electron chi connectivity index (χ1n) is 15.4. The molecule has 1 aromatic heterocycles. The zero-order valence-electron chi connectivity index (χ0n) is 26.4. The van der Waals surface area contributed by atoms with Crippen molar-refractivity contribution in [1.82, 2.24) is 15.5 Å². The second-order valence-corrected chi connectivity index (χ2v) is 11.6. The number of aromatic amines is 1. The quantitative estimate of drug-likeness (QED) is 0.0909. The number of carbonyl (C=O) groups is 1. The lowest BCUT2D eigenvalue weighted by Crippen LogP contribution is -2.41. The molecule has 0 amide bonds. The molecule has 3 N–H and O–H groups in total. The molecule has 1 atom stereocenters. The number of hydrogen-bond donors (Lipinski definition) is 3. The maximum Gasteiger partial charge on any atom is 0.313 e. The Hall–Kier alpha value is -5.15. The van der Waals surface area contributed by atoms with E-state index in [9.17, 15) is 9.59 Å². The number of carbonyl (C=O) groups excluding carboxylic acids is 1. The number of methoxy groups -OCH3 is 1. The Bertz CT molecular complexity index is 1730. The fraction of sp³-hybridized carbons (Fsp3) is 0.270. The Morgan fingerprint density at radius 3 is 1.96 bits per heavy atom. The summed E-state index contributed by atoms with van der Waals surface area (Å²) in [6, 6.07) is 32.6. The minimum Gasteiger partial charge on any atom is -0.489 e. The molecule has 1 unspecified atom stereocenters. The van der Waals surface area contributed by atoms with Gasteiger partial charge in [0.25, 0.3) is 5.56 Å². The number of hydrogen-bond acceptors (Lipinski definition) is 8. The summed E-state index contributed by atoms with van der Waals surface area (Å²) in [6.07, 6.45) is 0.713. The number of rotatable bonds is 15. The average Bonchev–Trinajstić information content (AvgIpc) is 3.09. The number of esters is 1. The standard InChI is InChI=1S/C37H40N4O5/c1-37(2,36(43)44-3)33(38-19-12-20-39-34-31-17-10-11-18-32(31)35(42)41-40-34)28-21-29(45-24-26-13-6-4-7-14-26)23-30(22-28)46-25-27-15-8-5-9-16-27/h4-11,13-18,21-23,33,38H,12,19-20,24-25H2,1-3H3,(H,39,40)(H,41,42). The minimum absolute atomic E-state index is 0.224. The van der Waals surface area contributed by atoms with Gasteiger partial charge in [0.05, 0.1) is 17.9 Å². The molecule has 0 saturated heterocycles. The van der Waals surface area contributed by atoms with Crippen LogP contribution in [0.15, 0.2) is 108 Å². The highest BCUT2D eigenvalue weighted by Crippen LogP contribution is 2.38. The van der Waals surface area contributed by atoms with Gasteiger partial charge in [-0.1, -0.05) is 78.9 Å². The summed E-state index contributed by atoms with van der Waals surface area (Å²) in [5.74, 6) is 1.55. The van der Waals surface area contributed by atoms with Gasteiger partial charge in [0, 0.05) is 24.0 Å². The van der Waals surface area contributed by atoms with Crippen LogP contribution in [0.5, 0.6) is 11.5 Å². The van der Waals surface area contributed by atoms with Crippen LogP contribution in [0, 0.1) is 5.41 Å². The van der Waals surface area contributed by atoms with Crippen LogP contribution >= 0.6 is 0 Å². The Morgan fingerprint density at radius 1 is 0.804 bits per heavy atom. The third-order valence-electron chi connectivity index (χ3n) is 7.86. The van der Waals surface area contributed by atoms with Gasteiger partial charge in [-0.2, -0.15) is 5.10 Å². The normalized spacial score (nSPS) is 12.0. The number of aromatic nitrogens is 2. The minimum atomic E-state index is -0.923. The summed E-state index contributed by atoms with van der Waals surface area (Å²) in [4.78, 5) is 25.2. The van der Waals surface area contributed by atoms with Crippen LogP contribution in [0.25, 0.3) is 10.8 Å². The van der Waals surface area contributed by atoms with Crippen molar-refractivity contribution >= 4 is 22.6 Å². The third-order valence-corrected chi connectivity index (χ3v) is 7.86. The van der Waals surface area contributed by atoms with Crippen molar-refractivity contribution in [2.24, 2.45) is 5.41 Å². The first-order valence-corrected chi connectivity index (χ1v) is 15.4. The number of anilines is 1. The van der Waals surface area contributed by atoms with Crippen molar-refractivity contribution in [3.63, 3.8) is 0 Å². The first-order chi connectivity index (χ1) is 22.3. The van der Waals surface area contributed by atoms with Crippen molar-refractivity contribution in [3.05, 3.63) is 130 Å². The number of benzene rings is 4. The molecule has 5 rings (SSSR count). The monoisotopic (exact) mass is 620 g/mol.